The van der Waals surface area contributed by atoms with E-state index in [-0.39, 0.29) is 11.7 Å². The number of Topliss-reactive ketones (excluding diaryl/α,β-unsaturated/α-hetero) is 2. The van der Waals surface area contributed by atoms with E-state index in [1.807, 2.05) is 29.9 Å². The van der Waals surface area contributed by atoms with Crippen LogP contribution in [0.25, 0.3) is 22.0 Å². The maximum atomic E-state index is 13.5. The molecule has 4 heteroatoms. The molecule has 182 valence electrons. The van der Waals surface area contributed by atoms with Crippen molar-refractivity contribution in [3.8, 4) is 11.1 Å². The molecule has 0 saturated heterocycles. The fourth-order valence-corrected chi connectivity index (χ4v) is 6.61. The van der Waals surface area contributed by atoms with Gasteiger partial charge in [-0.05, 0) is 85.3 Å². The number of nitrogens with zero attached hydrogens (tertiary/aromatic N) is 2. The van der Waals surface area contributed by atoms with E-state index in [1.54, 1.807) is 6.92 Å². The smallest absolute Gasteiger partial charge is 0.165 e. The van der Waals surface area contributed by atoms with Gasteiger partial charge in [-0.2, -0.15) is 5.10 Å². The maximum absolute atomic E-state index is 13.5. The van der Waals surface area contributed by atoms with Gasteiger partial charge in [-0.3, -0.25) is 14.3 Å². The van der Waals surface area contributed by atoms with Gasteiger partial charge in [-0.15, -0.1) is 0 Å². The number of carbonyl (C=O) groups is 2. The molecule has 0 aliphatic heterocycles. The Morgan fingerprint density at radius 3 is 2.33 bits per heavy atom. The van der Waals surface area contributed by atoms with Crippen LogP contribution in [-0.2, 0) is 11.3 Å². The Kier molecular flexibility index (Phi) is 5.63. The summed E-state index contributed by atoms with van der Waals surface area (Å²) in [6, 6.07) is 23.1. The van der Waals surface area contributed by atoms with Gasteiger partial charge in [0, 0.05) is 23.3 Å². The first kappa shape index (κ1) is 22.9. The normalized spacial score (nSPS) is 22.8. The summed E-state index contributed by atoms with van der Waals surface area (Å²) < 4.78 is 1.98. The fourth-order valence-electron chi connectivity index (χ4n) is 6.61. The molecule has 6 rings (SSSR count). The van der Waals surface area contributed by atoms with Crippen LogP contribution in [0.4, 0.5) is 0 Å². The Labute approximate surface area is 212 Å². The standard InChI is InChI=1S/C32H32N2O2/c1-21-12-27-19-33-34(20-23-8-10-26(11-9-23)25-6-4-3-5-7-25)31(27)29(13-21)30(36)14-24-15-32(16-24)17-28(18-32)22(2)35/h3-13,19,24,28H,14-18,20H2,1-2H3. The number of fused-ring (bicyclic) bond motifs is 1. The van der Waals surface area contributed by atoms with Gasteiger partial charge in [0.2, 0.25) is 0 Å². The minimum atomic E-state index is 0.215. The molecule has 1 aromatic heterocycles. The van der Waals surface area contributed by atoms with Crippen molar-refractivity contribution >= 4 is 22.5 Å². The van der Waals surface area contributed by atoms with E-state index in [4.69, 9.17) is 0 Å². The SMILES string of the molecule is CC(=O)C1CC2(CC(CC(=O)c3cc(C)cc4cnn(Cc5ccc(-c6ccccc6)cc5)c34)C2)C1. The molecule has 4 nitrogen and oxygen atoms in total. The van der Waals surface area contributed by atoms with E-state index >= 15 is 0 Å². The number of rotatable bonds is 7. The minimum Gasteiger partial charge on any atom is -0.300 e. The molecule has 1 heterocycles. The summed E-state index contributed by atoms with van der Waals surface area (Å²) in [5.74, 6) is 1.23. The summed E-state index contributed by atoms with van der Waals surface area (Å²) in [6.07, 6.45) is 6.69. The van der Waals surface area contributed by atoms with Crippen LogP contribution in [-0.4, -0.2) is 21.3 Å². The molecule has 3 aromatic carbocycles. The van der Waals surface area contributed by atoms with Crippen LogP contribution in [0.15, 0.2) is 72.9 Å². The van der Waals surface area contributed by atoms with Gasteiger partial charge in [-0.1, -0.05) is 54.6 Å². The average molecular weight is 477 g/mol. The predicted octanol–water partition coefficient (Wildman–Crippen LogP) is 7.03. The Balaban J connectivity index is 1.19. The molecule has 2 aliphatic rings. The molecular weight excluding hydrogens is 444 g/mol. The third kappa shape index (κ3) is 4.19. The Morgan fingerprint density at radius 1 is 0.944 bits per heavy atom. The zero-order valence-corrected chi connectivity index (χ0v) is 21.0. The molecule has 1 spiro atoms. The molecule has 36 heavy (non-hydrogen) atoms. The van der Waals surface area contributed by atoms with Gasteiger partial charge in [-0.25, -0.2) is 0 Å². The molecular formula is C32H32N2O2. The number of hydrogen-bond donors (Lipinski definition) is 0. The summed E-state index contributed by atoms with van der Waals surface area (Å²) in [5.41, 5.74) is 6.71. The first-order valence-corrected chi connectivity index (χ1v) is 13.0. The second-order valence-electron chi connectivity index (χ2n) is 11.2. The lowest BCUT2D eigenvalue weighted by atomic mass is 9.47. The summed E-state index contributed by atoms with van der Waals surface area (Å²) in [7, 11) is 0. The summed E-state index contributed by atoms with van der Waals surface area (Å²) in [4.78, 5) is 25.1. The fraction of sp³-hybridized carbons (Fsp3) is 0.344. The third-order valence-electron chi connectivity index (χ3n) is 8.42. The van der Waals surface area contributed by atoms with Crippen LogP contribution in [0.5, 0.6) is 0 Å². The van der Waals surface area contributed by atoms with E-state index in [9.17, 15) is 9.59 Å². The van der Waals surface area contributed by atoms with Gasteiger partial charge < -0.3 is 0 Å². The lowest BCUT2D eigenvalue weighted by Gasteiger charge is -2.57. The molecule has 2 fully saturated rings. The molecule has 4 aromatic rings. The zero-order chi connectivity index (χ0) is 24.9. The number of carbonyl (C=O) groups excluding carboxylic acids is 2. The van der Waals surface area contributed by atoms with Gasteiger partial charge in [0.15, 0.2) is 5.78 Å². The second-order valence-corrected chi connectivity index (χ2v) is 11.2. The van der Waals surface area contributed by atoms with Crippen LogP contribution in [0, 0.1) is 24.2 Å². The van der Waals surface area contributed by atoms with E-state index in [2.05, 4.69) is 59.7 Å². The van der Waals surface area contributed by atoms with Gasteiger partial charge in [0.1, 0.15) is 5.78 Å². The van der Waals surface area contributed by atoms with E-state index in [0.717, 1.165) is 53.3 Å². The van der Waals surface area contributed by atoms with E-state index in [1.165, 1.54) is 11.1 Å². The van der Waals surface area contributed by atoms with Crippen molar-refractivity contribution in [1.82, 2.24) is 9.78 Å². The summed E-state index contributed by atoms with van der Waals surface area (Å²) >= 11 is 0. The Hall–Kier alpha value is -3.53. The van der Waals surface area contributed by atoms with Crippen molar-refractivity contribution < 1.29 is 9.59 Å². The van der Waals surface area contributed by atoms with Crippen LogP contribution in [0.2, 0.25) is 0 Å². The van der Waals surface area contributed by atoms with Crippen molar-refractivity contribution in [1.29, 1.82) is 0 Å². The third-order valence-corrected chi connectivity index (χ3v) is 8.42. The highest BCUT2D eigenvalue weighted by molar-refractivity contribution is 6.07. The quantitative estimate of drug-likeness (QED) is 0.269. The minimum absolute atomic E-state index is 0.215. The van der Waals surface area contributed by atoms with Crippen molar-refractivity contribution in [3.05, 3.63) is 89.6 Å². The van der Waals surface area contributed by atoms with Crippen molar-refractivity contribution in [2.75, 3.05) is 0 Å². The average Bonchev–Trinajstić information content (AvgIpc) is 3.22. The number of benzene rings is 3. The number of aryl methyl sites for hydroxylation is 1. The highest BCUT2D eigenvalue weighted by atomic mass is 16.1. The Bertz CT molecular complexity index is 1440. The molecule has 2 saturated carbocycles. The van der Waals surface area contributed by atoms with Crippen LogP contribution < -0.4 is 0 Å². The van der Waals surface area contributed by atoms with Crippen molar-refractivity contribution in [2.45, 2.75) is 52.5 Å². The molecule has 0 N–H and O–H groups in total. The van der Waals surface area contributed by atoms with Crippen LogP contribution in [0.1, 0.15) is 60.5 Å². The molecule has 0 atom stereocenters. The maximum Gasteiger partial charge on any atom is 0.165 e. The lowest BCUT2D eigenvalue weighted by molar-refractivity contribution is -0.136. The highest BCUT2D eigenvalue weighted by Crippen LogP contribution is 2.62. The monoisotopic (exact) mass is 476 g/mol. The topological polar surface area (TPSA) is 52.0 Å². The number of hydrogen-bond acceptors (Lipinski definition) is 3. The van der Waals surface area contributed by atoms with Crippen LogP contribution in [0.3, 0.4) is 0 Å². The second kappa shape index (κ2) is 8.85. The van der Waals surface area contributed by atoms with Gasteiger partial charge in [0.25, 0.3) is 0 Å². The number of ketones is 2. The van der Waals surface area contributed by atoms with Gasteiger partial charge >= 0.3 is 0 Å². The van der Waals surface area contributed by atoms with E-state index < -0.39 is 0 Å². The first-order chi connectivity index (χ1) is 17.4. The summed E-state index contributed by atoms with van der Waals surface area (Å²) in [6.45, 7) is 4.38. The molecule has 0 unspecified atom stereocenters. The zero-order valence-electron chi connectivity index (χ0n) is 21.0. The highest BCUT2D eigenvalue weighted by Gasteiger charge is 2.53. The molecule has 0 radical (unpaired) electrons. The largest absolute Gasteiger partial charge is 0.300 e. The molecule has 0 bridgehead atoms. The van der Waals surface area contributed by atoms with Gasteiger partial charge in [0.05, 0.1) is 18.3 Å². The number of aromatic nitrogens is 2. The first-order valence-electron chi connectivity index (χ1n) is 13.0. The molecule has 2 aliphatic carbocycles. The predicted molar refractivity (Wildman–Crippen MR) is 143 cm³/mol. The Morgan fingerprint density at radius 2 is 1.64 bits per heavy atom. The lowest BCUT2D eigenvalue weighted by Crippen LogP contribution is -2.49. The van der Waals surface area contributed by atoms with Crippen molar-refractivity contribution in [3.63, 3.8) is 0 Å². The van der Waals surface area contributed by atoms with Crippen molar-refractivity contribution in [2.24, 2.45) is 17.3 Å². The molecule has 0 amide bonds. The summed E-state index contributed by atoms with van der Waals surface area (Å²) in [5, 5.41) is 5.69. The van der Waals surface area contributed by atoms with E-state index in [0.29, 0.717) is 30.1 Å². The van der Waals surface area contributed by atoms with Crippen LogP contribution >= 0.6 is 0 Å².